The van der Waals surface area contributed by atoms with Crippen LogP contribution in [-0.4, -0.2) is 23.3 Å². The molecule has 0 atom stereocenters. The molecule has 0 spiro atoms. The highest BCUT2D eigenvalue weighted by Gasteiger charge is 2.03. The van der Waals surface area contributed by atoms with Crippen molar-refractivity contribution in [2.75, 3.05) is 18.4 Å². The first-order valence-electron chi connectivity index (χ1n) is 5.65. The van der Waals surface area contributed by atoms with Gasteiger partial charge in [0.05, 0.1) is 5.69 Å². The predicted octanol–water partition coefficient (Wildman–Crippen LogP) is 1.82. The summed E-state index contributed by atoms with van der Waals surface area (Å²) < 4.78 is 0. The molecule has 0 saturated heterocycles. The predicted molar refractivity (Wildman–Crippen MR) is 69.7 cm³/mol. The second-order valence-corrected chi connectivity index (χ2v) is 3.83. The van der Waals surface area contributed by atoms with Crippen molar-refractivity contribution in [3.8, 4) is 11.3 Å². The van der Waals surface area contributed by atoms with Gasteiger partial charge in [-0.1, -0.05) is 24.3 Å². The number of rotatable bonds is 4. The summed E-state index contributed by atoms with van der Waals surface area (Å²) in [5, 5.41) is 11.4. The number of aryl methyl sites for hydroxylation is 1. The lowest BCUT2D eigenvalue weighted by Gasteiger charge is -2.06. The molecule has 4 nitrogen and oxygen atoms in total. The van der Waals surface area contributed by atoms with Crippen LogP contribution in [0, 0.1) is 6.92 Å². The maximum absolute atomic E-state index is 5.41. The first kappa shape index (κ1) is 11.5. The van der Waals surface area contributed by atoms with Crippen molar-refractivity contribution in [2.45, 2.75) is 6.92 Å². The van der Waals surface area contributed by atoms with E-state index in [-0.39, 0.29) is 0 Å². The van der Waals surface area contributed by atoms with Crippen LogP contribution in [0.4, 0.5) is 5.82 Å². The molecule has 0 aliphatic rings. The smallest absolute Gasteiger partial charge is 0.148 e. The third kappa shape index (κ3) is 2.79. The van der Waals surface area contributed by atoms with E-state index < -0.39 is 0 Å². The molecule has 17 heavy (non-hydrogen) atoms. The van der Waals surface area contributed by atoms with Crippen LogP contribution >= 0.6 is 0 Å². The summed E-state index contributed by atoms with van der Waals surface area (Å²) in [6.45, 7) is 3.36. The largest absolute Gasteiger partial charge is 0.367 e. The summed E-state index contributed by atoms with van der Waals surface area (Å²) in [7, 11) is 0. The summed E-state index contributed by atoms with van der Waals surface area (Å²) >= 11 is 0. The molecule has 0 bridgehead atoms. The van der Waals surface area contributed by atoms with Crippen molar-refractivity contribution < 1.29 is 0 Å². The van der Waals surface area contributed by atoms with E-state index in [0.717, 1.165) is 17.1 Å². The van der Waals surface area contributed by atoms with Gasteiger partial charge < -0.3 is 11.1 Å². The van der Waals surface area contributed by atoms with Gasteiger partial charge in [-0.2, -0.15) is 0 Å². The van der Waals surface area contributed by atoms with Crippen molar-refractivity contribution >= 4 is 5.82 Å². The fourth-order valence-electron chi connectivity index (χ4n) is 1.63. The number of hydrogen-bond acceptors (Lipinski definition) is 4. The maximum Gasteiger partial charge on any atom is 0.148 e. The Morgan fingerprint density at radius 3 is 2.59 bits per heavy atom. The van der Waals surface area contributed by atoms with Crippen molar-refractivity contribution in [3.63, 3.8) is 0 Å². The third-order valence-corrected chi connectivity index (χ3v) is 2.54. The summed E-state index contributed by atoms with van der Waals surface area (Å²) in [6, 6.07) is 12.0. The van der Waals surface area contributed by atoms with Crippen LogP contribution in [0.1, 0.15) is 5.56 Å². The highest BCUT2D eigenvalue weighted by atomic mass is 15.2. The number of nitrogens with zero attached hydrogens (tertiary/aromatic N) is 2. The Kier molecular flexibility index (Phi) is 3.67. The number of nitrogens with two attached hydrogens (primary N) is 1. The lowest BCUT2D eigenvalue weighted by atomic mass is 10.1. The van der Waals surface area contributed by atoms with Gasteiger partial charge in [0.2, 0.25) is 0 Å². The molecule has 0 aliphatic carbocycles. The molecule has 1 aromatic heterocycles. The second-order valence-electron chi connectivity index (χ2n) is 3.83. The zero-order valence-corrected chi connectivity index (χ0v) is 9.85. The zero-order chi connectivity index (χ0) is 12.1. The van der Waals surface area contributed by atoms with E-state index in [4.69, 9.17) is 5.73 Å². The maximum atomic E-state index is 5.41. The molecular weight excluding hydrogens is 212 g/mol. The molecule has 0 saturated carbocycles. The molecule has 0 unspecified atom stereocenters. The lowest BCUT2D eigenvalue weighted by molar-refractivity contribution is 0.973. The van der Waals surface area contributed by atoms with Crippen LogP contribution in [0.5, 0.6) is 0 Å². The van der Waals surface area contributed by atoms with Gasteiger partial charge in [-0.15, -0.1) is 10.2 Å². The molecule has 2 rings (SSSR count). The van der Waals surface area contributed by atoms with E-state index in [0.29, 0.717) is 13.1 Å². The summed E-state index contributed by atoms with van der Waals surface area (Å²) in [5.74, 6) is 0.757. The van der Waals surface area contributed by atoms with Crippen LogP contribution < -0.4 is 11.1 Å². The van der Waals surface area contributed by atoms with Gasteiger partial charge in [0.1, 0.15) is 5.82 Å². The molecule has 0 fully saturated rings. The fourth-order valence-corrected chi connectivity index (χ4v) is 1.63. The normalized spacial score (nSPS) is 10.2. The summed E-state index contributed by atoms with van der Waals surface area (Å²) in [5.41, 5.74) is 8.61. The molecule has 3 N–H and O–H groups in total. The molecule has 88 valence electrons. The molecule has 0 radical (unpaired) electrons. The minimum Gasteiger partial charge on any atom is -0.367 e. The zero-order valence-electron chi connectivity index (χ0n) is 9.85. The van der Waals surface area contributed by atoms with E-state index in [1.807, 2.05) is 30.3 Å². The lowest BCUT2D eigenvalue weighted by Crippen LogP contribution is -2.14. The quantitative estimate of drug-likeness (QED) is 0.838. The van der Waals surface area contributed by atoms with Crippen LogP contribution in [-0.2, 0) is 0 Å². The summed E-state index contributed by atoms with van der Waals surface area (Å²) in [4.78, 5) is 0. The molecule has 0 aliphatic heterocycles. The topological polar surface area (TPSA) is 63.8 Å². The van der Waals surface area contributed by atoms with Crippen LogP contribution in [0.2, 0.25) is 0 Å². The van der Waals surface area contributed by atoms with Crippen LogP contribution in [0.15, 0.2) is 36.4 Å². The average Bonchev–Trinajstić information content (AvgIpc) is 2.38. The monoisotopic (exact) mass is 228 g/mol. The highest BCUT2D eigenvalue weighted by molar-refractivity contribution is 5.63. The van der Waals surface area contributed by atoms with Crippen LogP contribution in [0.25, 0.3) is 11.3 Å². The first-order chi connectivity index (χ1) is 8.31. The van der Waals surface area contributed by atoms with Gasteiger partial charge >= 0.3 is 0 Å². The van der Waals surface area contributed by atoms with E-state index in [1.54, 1.807) is 0 Å². The molecule has 2 aromatic rings. The van der Waals surface area contributed by atoms with Crippen molar-refractivity contribution in [3.05, 3.63) is 42.0 Å². The number of benzene rings is 1. The van der Waals surface area contributed by atoms with Gasteiger partial charge in [-0.05, 0) is 24.6 Å². The van der Waals surface area contributed by atoms with Crippen molar-refractivity contribution in [1.29, 1.82) is 0 Å². The number of hydrogen-bond donors (Lipinski definition) is 2. The first-order valence-corrected chi connectivity index (χ1v) is 5.65. The van der Waals surface area contributed by atoms with Gasteiger partial charge in [0.25, 0.3) is 0 Å². The Hall–Kier alpha value is -1.94. The average molecular weight is 228 g/mol. The number of nitrogens with one attached hydrogen (secondary N) is 1. The minimum absolute atomic E-state index is 0.585. The molecule has 0 amide bonds. The fraction of sp³-hybridized carbons (Fsp3) is 0.231. The summed E-state index contributed by atoms with van der Waals surface area (Å²) in [6.07, 6.45) is 0. The van der Waals surface area contributed by atoms with Gasteiger partial charge in [0, 0.05) is 18.7 Å². The van der Waals surface area contributed by atoms with E-state index in [9.17, 15) is 0 Å². The molecule has 1 aromatic carbocycles. The number of anilines is 1. The highest BCUT2D eigenvalue weighted by Crippen LogP contribution is 2.20. The second kappa shape index (κ2) is 5.41. The van der Waals surface area contributed by atoms with E-state index >= 15 is 0 Å². The van der Waals surface area contributed by atoms with Gasteiger partial charge in [-0.25, -0.2) is 0 Å². The Morgan fingerprint density at radius 1 is 1.12 bits per heavy atom. The van der Waals surface area contributed by atoms with Crippen LogP contribution in [0.3, 0.4) is 0 Å². The molecule has 1 heterocycles. The number of aromatic nitrogens is 2. The Morgan fingerprint density at radius 2 is 1.94 bits per heavy atom. The van der Waals surface area contributed by atoms with Gasteiger partial charge in [-0.3, -0.25) is 0 Å². The Bertz CT molecular complexity index is 479. The third-order valence-electron chi connectivity index (χ3n) is 2.54. The Balaban J connectivity index is 2.21. The van der Waals surface area contributed by atoms with Crippen molar-refractivity contribution in [2.24, 2.45) is 5.73 Å². The van der Waals surface area contributed by atoms with Gasteiger partial charge in [0.15, 0.2) is 0 Å². The molecular formula is C13H16N4. The Labute approximate surface area is 101 Å². The standard InChI is InChI=1S/C13H16N4/c1-10-4-2-3-5-11(10)12-6-7-13(17-16-12)15-9-8-14/h2-7H,8-9,14H2,1H3,(H,15,17). The SMILES string of the molecule is Cc1ccccc1-c1ccc(NCCN)nn1. The minimum atomic E-state index is 0.585. The van der Waals surface area contributed by atoms with E-state index in [2.05, 4.69) is 28.5 Å². The van der Waals surface area contributed by atoms with E-state index in [1.165, 1.54) is 5.56 Å². The molecule has 4 heteroatoms. The van der Waals surface area contributed by atoms with Crippen molar-refractivity contribution in [1.82, 2.24) is 10.2 Å².